The van der Waals surface area contributed by atoms with Gasteiger partial charge in [0.1, 0.15) is 5.69 Å². The first-order valence-corrected chi connectivity index (χ1v) is 8.81. The lowest BCUT2D eigenvalue weighted by Crippen LogP contribution is -2.27. The maximum atomic E-state index is 12.9. The molecule has 0 spiro atoms. The van der Waals surface area contributed by atoms with Crippen molar-refractivity contribution in [2.45, 2.75) is 32.0 Å². The Bertz CT molecular complexity index is 1040. The SMILES string of the molecule is Cc1cccc(C(=O)N[C@H]2CCc3nn(-c4ccnc(C(F)(F)F)c4)cc32)c1. The first-order chi connectivity index (χ1) is 13.3. The number of fused-ring (bicyclic) bond motifs is 1. The molecule has 28 heavy (non-hydrogen) atoms. The third-order valence-corrected chi connectivity index (χ3v) is 4.75. The average molecular weight is 386 g/mol. The van der Waals surface area contributed by atoms with E-state index >= 15 is 0 Å². The summed E-state index contributed by atoms with van der Waals surface area (Å²) >= 11 is 0. The first kappa shape index (κ1) is 18.2. The molecule has 2 aromatic heterocycles. The van der Waals surface area contributed by atoms with Crippen LogP contribution in [0.25, 0.3) is 5.69 Å². The van der Waals surface area contributed by atoms with Crippen molar-refractivity contribution in [1.29, 1.82) is 0 Å². The number of halogens is 3. The molecule has 0 bridgehead atoms. The zero-order valence-electron chi connectivity index (χ0n) is 15.0. The highest BCUT2D eigenvalue weighted by Crippen LogP contribution is 2.32. The Kier molecular flexibility index (Phi) is 4.41. The van der Waals surface area contributed by atoms with Crippen LogP contribution in [0, 0.1) is 6.92 Å². The van der Waals surface area contributed by atoms with Crippen molar-refractivity contribution in [2.75, 3.05) is 0 Å². The van der Waals surface area contributed by atoms with Crippen molar-refractivity contribution in [3.05, 3.63) is 76.9 Å². The van der Waals surface area contributed by atoms with Crippen LogP contribution in [0.3, 0.4) is 0 Å². The van der Waals surface area contributed by atoms with Gasteiger partial charge in [-0.2, -0.15) is 18.3 Å². The van der Waals surface area contributed by atoms with Gasteiger partial charge >= 0.3 is 6.18 Å². The molecule has 2 heterocycles. The molecular formula is C20H17F3N4O. The molecule has 3 aromatic rings. The smallest absolute Gasteiger partial charge is 0.345 e. The van der Waals surface area contributed by atoms with E-state index in [1.54, 1.807) is 12.3 Å². The molecule has 0 fully saturated rings. The maximum absolute atomic E-state index is 12.9. The van der Waals surface area contributed by atoms with Crippen LogP contribution >= 0.6 is 0 Å². The van der Waals surface area contributed by atoms with E-state index in [9.17, 15) is 18.0 Å². The monoisotopic (exact) mass is 386 g/mol. The topological polar surface area (TPSA) is 59.8 Å². The fourth-order valence-corrected chi connectivity index (χ4v) is 3.37. The predicted octanol–water partition coefficient (Wildman–Crippen LogP) is 4.01. The normalized spacial score (nSPS) is 16.1. The first-order valence-electron chi connectivity index (χ1n) is 8.81. The Labute approximate surface area is 159 Å². The molecule has 1 amide bonds. The Balaban J connectivity index is 1.57. The molecule has 0 unspecified atom stereocenters. The number of amides is 1. The van der Waals surface area contributed by atoms with Crippen LogP contribution < -0.4 is 5.32 Å². The van der Waals surface area contributed by atoms with Gasteiger partial charge in [-0.3, -0.25) is 9.78 Å². The summed E-state index contributed by atoms with van der Waals surface area (Å²) in [6, 6.07) is 9.50. The van der Waals surface area contributed by atoms with Gasteiger partial charge in [-0.1, -0.05) is 17.7 Å². The maximum Gasteiger partial charge on any atom is 0.433 e. The second-order valence-electron chi connectivity index (χ2n) is 6.81. The number of rotatable bonds is 3. The standard InChI is InChI=1S/C20H17F3N4O/c1-12-3-2-4-13(9-12)19(28)25-16-5-6-17-15(16)11-27(26-17)14-7-8-24-18(10-14)20(21,22)23/h2-4,7-11,16H,5-6H2,1H3,(H,25,28)/t16-/m0/s1. The quantitative estimate of drug-likeness (QED) is 0.740. The van der Waals surface area contributed by atoms with E-state index in [4.69, 9.17) is 0 Å². The van der Waals surface area contributed by atoms with Crippen molar-refractivity contribution in [3.63, 3.8) is 0 Å². The molecule has 0 radical (unpaired) electrons. The van der Waals surface area contributed by atoms with Crippen molar-refractivity contribution in [2.24, 2.45) is 0 Å². The lowest BCUT2D eigenvalue weighted by atomic mass is 10.1. The Hall–Kier alpha value is -3.16. The Morgan fingerprint density at radius 1 is 1.25 bits per heavy atom. The molecule has 0 aliphatic heterocycles. The summed E-state index contributed by atoms with van der Waals surface area (Å²) in [6.45, 7) is 1.92. The van der Waals surface area contributed by atoms with Crippen LogP contribution in [-0.4, -0.2) is 20.7 Å². The summed E-state index contributed by atoms with van der Waals surface area (Å²) in [4.78, 5) is 15.9. The van der Waals surface area contributed by atoms with Gasteiger partial charge < -0.3 is 5.32 Å². The Morgan fingerprint density at radius 3 is 2.82 bits per heavy atom. The van der Waals surface area contributed by atoms with Crippen LogP contribution in [-0.2, 0) is 12.6 Å². The number of alkyl halides is 3. The molecule has 0 saturated carbocycles. The van der Waals surface area contributed by atoms with Crippen LogP contribution in [0.15, 0.2) is 48.8 Å². The summed E-state index contributed by atoms with van der Waals surface area (Å²) in [6.07, 6.45) is -0.365. The summed E-state index contributed by atoms with van der Waals surface area (Å²) in [7, 11) is 0. The molecule has 0 saturated heterocycles. The summed E-state index contributed by atoms with van der Waals surface area (Å²) in [5, 5.41) is 7.39. The Morgan fingerprint density at radius 2 is 2.07 bits per heavy atom. The molecule has 1 aliphatic rings. The van der Waals surface area contributed by atoms with E-state index in [2.05, 4.69) is 15.4 Å². The van der Waals surface area contributed by atoms with Crippen LogP contribution in [0.1, 0.15) is 45.3 Å². The third kappa shape index (κ3) is 3.49. The number of benzene rings is 1. The molecule has 4 rings (SSSR count). The highest BCUT2D eigenvalue weighted by molar-refractivity contribution is 5.94. The van der Waals surface area contributed by atoms with Gasteiger partial charge in [0, 0.05) is 23.5 Å². The van der Waals surface area contributed by atoms with Crippen molar-refractivity contribution in [1.82, 2.24) is 20.1 Å². The lowest BCUT2D eigenvalue weighted by molar-refractivity contribution is -0.141. The zero-order valence-corrected chi connectivity index (χ0v) is 15.0. The molecule has 1 aromatic carbocycles. The van der Waals surface area contributed by atoms with Crippen molar-refractivity contribution in [3.8, 4) is 5.69 Å². The van der Waals surface area contributed by atoms with Gasteiger partial charge in [-0.15, -0.1) is 0 Å². The third-order valence-electron chi connectivity index (χ3n) is 4.75. The van der Waals surface area contributed by atoms with E-state index in [-0.39, 0.29) is 17.6 Å². The molecule has 1 atom stereocenters. The summed E-state index contributed by atoms with van der Waals surface area (Å²) < 4.78 is 40.1. The predicted molar refractivity (Wildman–Crippen MR) is 96.1 cm³/mol. The highest BCUT2D eigenvalue weighted by Gasteiger charge is 2.33. The number of carbonyl (C=O) groups is 1. The fourth-order valence-electron chi connectivity index (χ4n) is 3.37. The number of carbonyl (C=O) groups excluding carboxylic acids is 1. The number of aromatic nitrogens is 3. The second-order valence-corrected chi connectivity index (χ2v) is 6.81. The van der Waals surface area contributed by atoms with Gasteiger partial charge in [0.15, 0.2) is 0 Å². The minimum absolute atomic E-state index is 0.183. The average Bonchev–Trinajstić information content (AvgIpc) is 3.23. The van der Waals surface area contributed by atoms with Gasteiger partial charge in [-0.25, -0.2) is 4.68 Å². The molecular weight excluding hydrogens is 369 g/mol. The molecule has 144 valence electrons. The van der Waals surface area contributed by atoms with Crippen LogP contribution in [0.2, 0.25) is 0 Å². The molecule has 1 aliphatic carbocycles. The van der Waals surface area contributed by atoms with Gasteiger partial charge in [0.2, 0.25) is 0 Å². The minimum atomic E-state index is -4.52. The second kappa shape index (κ2) is 6.78. The number of pyridine rings is 1. The minimum Gasteiger partial charge on any atom is -0.345 e. The number of nitrogens with zero attached hydrogens (tertiary/aromatic N) is 3. The molecule has 8 heteroatoms. The number of hydrogen-bond donors (Lipinski definition) is 1. The van der Waals surface area contributed by atoms with E-state index in [0.717, 1.165) is 29.1 Å². The highest BCUT2D eigenvalue weighted by atomic mass is 19.4. The van der Waals surface area contributed by atoms with Gasteiger partial charge in [-0.05, 0) is 44.0 Å². The van der Waals surface area contributed by atoms with Crippen molar-refractivity contribution < 1.29 is 18.0 Å². The van der Waals surface area contributed by atoms with Gasteiger partial charge in [0.25, 0.3) is 5.91 Å². The molecule has 5 nitrogen and oxygen atoms in total. The largest absolute Gasteiger partial charge is 0.433 e. The summed E-state index contributed by atoms with van der Waals surface area (Å²) in [5.74, 6) is -0.183. The van der Waals surface area contributed by atoms with Gasteiger partial charge in [0.05, 0.1) is 17.4 Å². The van der Waals surface area contributed by atoms with E-state index < -0.39 is 11.9 Å². The van der Waals surface area contributed by atoms with Crippen molar-refractivity contribution >= 4 is 5.91 Å². The lowest BCUT2D eigenvalue weighted by Gasteiger charge is -2.13. The number of nitrogens with one attached hydrogen (secondary N) is 1. The van der Waals surface area contributed by atoms with E-state index in [0.29, 0.717) is 18.4 Å². The van der Waals surface area contributed by atoms with E-state index in [1.165, 1.54) is 10.7 Å². The molecule has 1 N–H and O–H groups in total. The number of hydrogen-bond acceptors (Lipinski definition) is 3. The zero-order chi connectivity index (χ0) is 19.9. The van der Waals surface area contributed by atoms with Crippen LogP contribution in [0.4, 0.5) is 13.2 Å². The van der Waals surface area contributed by atoms with Crippen LogP contribution in [0.5, 0.6) is 0 Å². The fraction of sp³-hybridized carbons (Fsp3) is 0.250. The van der Waals surface area contributed by atoms with E-state index in [1.807, 2.05) is 25.1 Å². The number of aryl methyl sites for hydroxylation is 2. The summed E-state index contributed by atoms with van der Waals surface area (Å²) in [5.41, 5.74) is 2.48.